The van der Waals surface area contributed by atoms with Gasteiger partial charge in [0.15, 0.2) is 17.7 Å². The summed E-state index contributed by atoms with van der Waals surface area (Å²) in [4.78, 5) is 22.0. The summed E-state index contributed by atoms with van der Waals surface area (Å²) in [5.74, 6) is 0.118. The Hall–Kier alpha value is -2.03. The number of carboxylic acid groups (broad SMARTS) is 1. The van der Waals surface area contributed by atoms with Gasteiger partial charge >= 0.3 is 5.97 Å². The molecule has 0 amide bonds. The lowest BCUT2D eigenvalue weighted by molar-refractivity contribution is -0.138. The third-order valence-electron chi connectivity index (χ3n) is 4.13. The molecule has 0 spiro atoms. The van der Waals surface area contributed by atoms with Crippen molar-refractivity contribution in [2.45, 2.75) is 37.0 Å². The van der Waals surface area contributed by atoms with Crippen LogP contribution in [0.15, 0.2) is 12.7 Å². The number of aliphatic hydroxyl groups is 3. The van der Waals surface area contributed by atoms with E-state index in [1.807, 2.05) is 6.26 Å². The van der Waals surface area contributed by atoms with Gasteiger partial charge in [0.25, 0.3) is 0 Å². The predicted molar refractivity (Wildman–Crippen MR) is 101 cm³/mol. The molecular weight excluding hydrogens is 392 g/mol. The second-order valence-corrected chi connectivity index (χ2v) is 7.02. The van der Waals surface area contributed by atoms with Gasteiger partial charge in [-0.25, -0.2) is 15.0 Å². The Labute approximate surface area is 164 Å². The molecule has 1 aliphatic heterocycles. The maximum atomic E-state index is 10.1. The van der Waals surface area contributed by atoms with Crippen molar-refractivity contribution in [3.05, 3.63) is 12.7 Å². The van der Waals surface area contributed by atoms with Crippen LogP contribution in [-0.4, -0.2) is 88.9 Å². The molecule has 156 valence electrons. The summed E-state index contributed by atoms with van der Waals surface area (Å²) < 4.78 is 6.85. The molecule has 5 atom stereocenters. The van der Waals surface area contributed by atoms with Gasteiger partial charge in [0.2, 0.25) is 0 Å². The molecule has 0 radical (unpaired) electrons. The third kappa shape index (κ3) is 4.87. The summed E-state index contributed by atoms with van der Waals surface area (Å²) in [7, 11) is 0. The Bertz CT molecular complexity index is 791. The average Bonchev–Trinajstić information content (AvgIpc) is 3.23. The van der Waals surface area contributed by atoms with Crippen molar-refractivity contribution < 1.29 is 30.0 Å². The molecule has 2 aromatic heterocycles. The molecule has 0 aliphatic carbocycles. The summed E-state index contributed by atoms with van der Waals surface area (Å²) in [5.41, 5.74) is 11.6. The Kier molecular flexibility index (Phi) is 7.91. The normalized spacial score (nSPS) is 25.3. The van der Waals surface area contributed by atoms with Gasteiger partial charge in [-0.2, -0.15) is 11.8 Å². The first kappa shape index (κ1) is 22.3. The highest BCUT2D eigenvalue weighted by Gasteiger charge is 2.43. The molecule has 1 saturated heterocycles. The number of carboxylic acids is 1. The van der Waals surface area contributed by atoms with Crippen LogP contribution in [0, 0.1) is 0 Å². The van der Waals surface area contributed by atoms with Crippen LogP contribution in [0.5, 0.6) is 0 Å². The number of aliphatic carboxylic acids is 1. The largest absolute Gasteiger partial charge is 0.480 e. The number of thioether (sulfide) groups is 1. The number of carbonyl (C=O) groups is 1. The number of aliphatic hydroxyl groups excluding tert-OH is 3. The Morgan fingerprint density at radius 1 is 1.36 bits per heavy atom. The molecule has 0 unspecified atom stereocenters. The fourth-order valence-electron chi connectivity index (χ4n) is 2.53. The predicted octanol–water partition coefficient (Wildman–Crippen LogP) is -1.83. The van der Waals surface area contributed by atoms with Gasteiger partial charge in [-0.05, 0) is 18.4 Å². The fourth-order valence-corrected chi connectivity index (χ4v) is 3.02. The molecule has 3 heterocycles. The zero-order valence-electron chi connectivity index (χ0n) is 15.1. The van der Waals surface area contributed by atoms with Crippen molar-refractivity contribution in [2.24, 2.45) is 5.73 Å². The van der Waals surface area contributed by atoms with E-state index in [4.69, 9.17) is 26.4 Å². The first-order valence-corrected chi connectivity index (χ1v) is 9.74. The van der Waals surface area contributed by atoms with Gasteiger partial charge in [0.05, 0.1) is 12.9 Å². The van der Waals surface area contributed by atoms with E-state index in [9.17, 15) is 15.0 Å². The van der Waals surface area contributed by atoms with Crippen LogP contribution in [0.25, 0.3) is 11.2 Å². The quantitative estimate of drug-likeness (QED) is 0.308. The van der Waals surface area contributed by atoms with Gasteiger partial charge in [-0.1, -0.05) is 0 Å². The smallest absolute Gasteiger partial charge is 0.320 e. The minimum absolute atomic E-state index is 0.218. The molecule has 2 aromatic rings. The Morgan fingerprint density at radius 2 is 2.07 bits per heavy atom. The van der Waals surface area contributed by atoms with Crippen LogP contribution in [0.2, 0.25) is 0 Å². The molecule has 1 aliphatic rings. The number of anilines is 1. The maximum absolute atomic E-state index is 10.1. The van der Waals surface area contributed by atoms with Gasteiger partial charge < -0.3 is 36.6 Å². The maximum Gasteiger partial charge on any atom is 0.320 e. The van der Waals surface area contributed by atoms with E-state index >= 15 is 0 Å². The van der Waals surface area contributed by atoms with Crippen LogP contribution in [-0.2, 0) is 9.53 Å². The van der Waals surface area contributed by atoms with Gasteiger partial charge in [0, 0.05) is 0 Å². The molecule has 0 bridgehead atoms. The van der Waals surface area contributed by atoms with Crippen LogP contribution in [0.1, 0.15) is 12.6 Å². The first-order chi connectivity index (χ1) is 13.3. The number of aromatic nitrogens is 4. The summed E-state index contributed by atoms with van der Waals surface area (Å²) in [6.45, 7) is -0.390. The minimum Gasteiger partial charge on any atom is -0.480 e. The van der Waals surface area contributed by atoms with Crippen LogP contribution >= 0.6 is 11.8 Å². The van der Waals surface area contributed by atoms with Crippen LogP contribution in [0.4, 0.5) is 5.82 Å². The van der Waals surface area contributed by atoms with Crippen LogP contribution < -0.4 is 11.5 Å². The lowest BCUT2D eigenvalue weighted by Gasteiger charge is -2.16. The van der Waals surface area contributed by atoms with Crippen LogP contribution in [0.3, 0.4) is 0 Å². The third-order valence-corrected chi connectivity index (χ3v) is 4.77. The second-order valence-electron chi connectivity index (χ2n) is 6.04. The van der Waals surface area contributed by atoms with Crippen molar-refractivity contribution in [2.75, 3.05) is 24.3 Å². The van der Waals surface area contributed by atoms with E-state index in [-0.39, 0.29) is 5.82 Å². The number of nitrogens with two attached hydrogens (primary N) is 2. The van der Waals surface area contributed by atoms with Gasteiger partial charge in [0.1, 0.15) is 36.2 Å². The van der Waals surface area contributed by atoms with E-state index in [1.54, 1.807) is 11.8 Å². The number of nitrogen functional groups attached to an aromatic ring is 1. The molecular formula is C15H24N6O6S. The van der Waals surface area contributed by atoms with Crippen molar-refractivity contribution in [3.8, 4) is 0 Å². The molecule has 8 N–H and O–H groups in total. The topological polar surface area (TPSA) is 203 Å². The zero-order chi connectivity index (χ0) is 20.8. The highest BCUT2D eigenvalue weighted by molar-refractivity contribution is 7.98. The summed E-state index contributed by atoms with van der Waals surface area (Å²) in [5, 5.41) is 37.0. The zero-order valence-corrected chi connectivity index (χ0v) is 15.9. The number of imidazole rings is 1. The van der Waals surface area contributed by atoms with Gasteiger partial charge in [-0.15, -0.1) is 0 Å². The standard InChI is InChI=1S/C10H13N5O4.C5H11NO2S/c11-8-5-9(13-2-12-8)15(3-14-5)10-7(18)6(17)4(1-16)19-10;1-9-3-2-4(6)5(7)8/h2-4,6-7,10,16-18H,1H2,(H2,11,12,13);4H,2-3,6H2,1H3,(H,7,8)/t4-,6-,7-,10-;4-/m10/s1. The summed E-state index contributed by atoms with van der Waals surface area (Å²) in [6, 6.07) is -0.683. The number of hydrogen-bond acceptors (Lipinski definition) is 11. The Morgan fingerprint density at radius 3 is 2.64 bits per heavy atom. The molecule has 0 saturated carbocycles. The molecule has 12 nitrogen and oxygen atoms in total. The average molecular weight is 416 g/mol. The van der Waals surface area contributed by atoms with E-state index < -0.39 is 43.2 Å². The highest BCUT2D eigenvalue weighted by atomic mass is 32.2. The van der Waals surface area contributed by atoms with Gasteiger partial charge in [-0.3, -0.25) is 9.36 Å². The summed E-state index contributed by atoms with van der Waals surface area (Å²) >= 11 is 1.60. The molecule has 1 fully saturated rings. The number of nitrogens with zero attached hydrogens (tertiary/aromatic N) is 4. The number of hydrogen-bond donors (Lipinski definition) is 6. The lowest BCUT2D eigenvalue weighted by Crippen LogP contribution is -2.33. The van der Waals surface area contributed by atoms with Crippen molar-refractivity contribution in [3.63, 3.8) is 0 Å². The number of ether oxygens (including phenoxy) is 1. The summed E-state index contributed by atoms with van der Waals surface area (Å²) in [6.07, 6.45) is 1.05. The minimum atomic E-state index is -1.19. The molecule has 13 heteroatoms. The Balaban J connectivity index is 0.000000266. The fraction of sp³-hybridized carbons (Fsp3) is 0.600. The number of rotatable bonds is 6. The van der Waals surface area contributed by atoms with E-state index in [1.165, 1.54) is 17.2 Å². The van der Waals surface area contributed by atoms with Crippen molar-refractivity contribution in [1.29, 1.82) is 0 Å². The monoisotopic (exact) mass is 416 g/mol. The van der Waals surface area contributed by atoms with Crippen molar-refractivity contribution in [1.82, 2.24) is 19.5 Å². The number of fused-ring (bicyclic) bond motifs is 1. The molecule has 28 heavy (non-hydrogen) atoms. The SMILES string of the molecule is CSCC[C@H](N)C(=O)O.Nc1ncnc2c1ncn2[C@@H]1O[C@H](CO)[C@@H](O)[C@H]1O. The first-order valence-electron chi connectivity index (χ1n) is 8.34. The highest BCUT2D eigenvalue weighted by Crippen LogP contribution is 2.31. The lowest BCUT2D eigenvalue weighted by atomic mass is 10.1. The molecule has 3 rings (SSSR count). The van der Waals surface area contributed by atoms with E-state index in [2.05, 4.69) is 15.0 Å². The van der Waals surface area contributed by atoms with Crippen molar-refractivity contribution >= 4 is 34.7 Å². The van der Waals surface area contributed by atoms with E-state index in [0.29, 0.717) is 17.6 Å². The molecule has 0 aromatic carbocycles. The second kappa shape index (κ2) is 9.95. The van der Waals surface area contributed by atoms with E-state index in [0.717, 1.165) is 5.75 Å².